The number of ether oxygens (including phenoxy) is 1. The Hall–Kier alpha value is -2.31. The Labute approximate surface area is 142 Å². The number of piperidine rings is 1. The Morgan fingerprint density at radius 1 is 1.58 bits per heavy atom. The van der Waals surface area contributed by atoms with Crippen LogP contribution in [0.5, 0.6) is 5.88 Å². The molecule has 2 N–H and O–H groups in total. The van der Waals surface area contributed by atoms with Crippen molar-refractivity contribution in [1.29, 1.82) is 0 Å². The molecular formula is C17H25N5O2. The van der Waals surface area contributed by atoms with Gasteiger partial charge in [0.2, 0.25) is 11.8 Å². The maximum atomic E-state index is 11.6. The summed E-state index contributed by atoms with van der Waals surface area (Å²) in [4.78, 5) is 22.4. The summed E-state index contributed by atoms with van der Waals surface area (Å²) in [6.07, 6.45) is 4.55. The monoisotopic (exact) mass is 331 g/mol. The molecule has 3 heterocycles. The summed E-state index contributed by atoms with van der Waals surface area (Å²) in [6, 6.07) is 3.87. The number of pyridine rings is 1. The molecule has 130 valence electrons. The Bertz CT molecular complexity index is 633. The van der Waals surface area contributed by atoms with Crippen molar-refractivity contribution in [2.24, 2.45) is 10.4 Å². The summed E-state index contributed by atoms with van der Waals surface area (Å²) in [7, 11) is 3.41. The lowest BCUT2D eigenvalue weighted by Gasteiger charge is -2.40. The van der Waals surface area contributed by atoms with Gasteiger partial charge in [0.15, 0.2) is 5.96 Å². The second-order valence-corrected chi connectivity index (χ2v) is 6.59. The smallest absolute Gasteiger partial charge is 0.220 e. The van der Waals surface area contributed by atoms with Gasteiger partial charge in [-0.05, 0) is 24.5 Å². The highest BCUT2D eigenvalue weighted by molar-refractivity contribution is 5.81. The van der Waals surface area contributed by atoms with Crippen LogP contribution >= 0.6 is 0 Å². The second kappa shape index (κ2) is 7.07. The molecule has 1 atom stereocenters. The highest BCUT2D eigenvalue weighted by atomic mass is 16.5. The average Bonchev–Trinajstić information content (AvgIpc) is 2.95. The van der Waals surface area contributed by atoms with Crippen LogP contribution in [0, 0.1) is 5.41 Å². The molecule has 2 aliphatic heterocycles. The van der Waals surface area contributed by atoms with E-state index < -0.39 is 0 Å². The number of nitrogens with zero attached hydrogens (tertiary/aromatic N) is 3. The molecule has 0 radical (unpaired) electrons. The summed E-state index contributed by atoms with van der Waals surface area (Å²) in [6.45, 7) is 3.27. The molecule has 1 unspecified atom stereocenters. The van der Waals surface area contributed by atoms with Gasteiger partial charge >= 0.3 is 0 Å². The predicted octanol–water partition coefficient (Wildman–Crippen LogP) is 0.768. The van der Waals surface area contributed by atoms with Crippen molar-refractivity contribution in [1.82, 2.24) is 20.5 Å². The molecule has 2 saturated heterocycles. The molecule has 0 aliphatic carbocycles. The first-order chi connectivity index (χ1) is 11.6. The first-order valence-corrected chi connectivity index (χ1v) is 8.35. The molecule has 1 spiro atoms. The Kier molecular flexibility index (Phi) is 4.87. The summed E-state index contributed by atoms with van der Waals surface area (Å²) in [5, 5.41) is 6.39. The Morgan fingerprint density at radius 2 is 2.46 bits per heavy atom. The van der Waals surface area contributed by atoms with E-state index in [1.807, 2.05) is 12.1 Å². The fourth-order valence-electron chi connectivity index (χ4n) is 3.61. The summed E-state index contributed by atoms with van der Waals surface area (Å²) < 4.78 is 5.16. The number of methoxy groups -OCH3 is 1. The zero-order chi connectivity index (χ0) is 17.0. The van der Waals surface area contributed by atoms with E-state index in [0.717, 1.165) is 44.0 Å². The van der Waals surface area contributed by atoms with E-state index in [1.165, 1.54) is 0 Å². The minimum Gasteiger partial charge on any atom is -0.481 e. The van der Waals surface area contributed by atoms with Crippen LogP contribution in [0.3, 0.4) is 0 Å². The molecule has 2 fully saturated rings. The van der Waals surface area contributed by atoms with E-state index in [9.17, 15) is 4.79 Å². The number of aliphatic imine (C=N–C) groups is 1. The number of nitrogens with one attached hydrogen (secondary N) is 2. The van der Waals surface area contributed by atoms with E-state index in [2.05, 4.69) is 25.5 Å². The number of rotatable bonds is 3. The molecule has 1 aromatic heterocycles. The Morgan fingerprint density at radius 3 is 3.17 bits per heavy atom. The van der Waals surface area contributed by atoms with Crippen LogP contribution in [0.25, 0.3) is 0 Å². The molecule has 24 heavy (non-hydrogen) atoms. The van der Waals surface area contributed by atoms with Crippen LogP contribution in [0.15, 0.2) is 23.3 Å². The van der Waals surface area contributed by atoms with Gasteiger partial charge in [0.25, 0.3) is 0 Å². The minimum atomic E-state index is 0.0623. The molecule has 3 rings (SSSR count). The number of hydrogen-bond acceptors (Lipinski definition) is 4. The standard InChI is InChI=1S/C17H25N5O2/c1-18-16(20-10-13-4-6-19-15(8-13)24-2)22-7-3-5-17(12-22)9-14(23)21-11-17/h4,6,8H,3,5,7,9-12H2,1-2H3,(H,18,20)(H,21,23). The van der Waals surface area contributed by atoms with Gasteiger partial charge in [-0.2, -0.15) is 0 Å². The minimum absolute atomic E-state index is 0.0623. The number of hydrogen-bond donors (Lipinski definition) is 2. The van der Waals surface area contributed by atoms with Gasteiger partial charge in [0.05, 0.1) is 7.11 Å². The quantitative estimate of drug-likeness (QED) is 0.632. The third-order valence-electron chi connectivity index (χ3n) is 4.83. The first kappa shape index (κ1) is 16.5. The van der Waals surface area contributed by atoms with Crippen molar-refractivity contribution in [2.45, 2.75) is 25.8 Å². The number of carbonyl (C=O) groups excluding carboxylic acids is 1. The van der Waals surface area contributed by atoms with Crippen LogP contribution in [0.4, 0.5) is 0 Å². The second-order valence-electron chi connectivity index (χ2n) is 6.59. The average molecular weight is 331 g/mol. The van der Waals surface area contributed by atoms with E-state index in [4.69, 9.17) is 4.74 Å². The fourth-order valence-corrected chi connectivity index (χ4v) is 3.61. The molecule has 7 nitrogen and oxygen atoms in total. The van der Waals surface area contributed by atoms with Crippen molar-refractivity contribution in [3.8, 4) is 5.88 Å². The molecule has 0 aromatic carbocycles. The van der Waals surface area contributed by atoms with Crippen molar-refractivity contribution < 1.29 is 9.53 Å². The molecule has 0 bridgehead atoms. The van der Waals surface area contributed by atoms with Gasteiger partial charge in [0, 0.05) is 57.3 Å². The van der Waals surface area contributed by atoms with Gasteiger partial charge in [-0.15, -0.1) is 0 Å². The van der Waals surface area contributed by atoms with Gasteiger partial charge < -0.3 is 20.3 Å². The zero-order valence-corrected chi connectivity index (χ0v) is 14.3. The largest absolute Gasteiger partial charge is 0.481 e. The summed E-state index contributed by atoms with van der Waals surface area (Å²) in [5.74, 6) is 1.66. The van der Waals surface area contributed by atoms with Crippen molar-refractivity contribution in [3.05, 3.63) is 23.9 Å². The first-order valence-electron chi connectivity index (χ1n) is 8.35. The van der Waals surface area contributed by atoms with E-state index in [1.54, 1.807) is 20.4 Å². The molecule has 1 aromatic rings. The normalized spacial score (nSPS) is 24.2. The molecule has 7 heteroatoms. The topological polar surface area (TPSA) is 78.9 Å². The third kappa shape index (κ3) is 3.60. The van der Waals surface area contributed by atoms with Crippen LogP contribution in [0.1, 0.15) is 24.8 Å². The van der Waals surface area contributed by atoms with Crippen molar-refractivity contribution >= 4 is 11.9 Å². The highest BCUT2D eigenvalue weighted by Crippen LogP contribution is 2.35. The summed E-state index contributed by atoms with van der Waals surface area (Å²) in [5.41, 5.74) is 1.15. The van der Waals surface area contributed by atoms with Crippen molar-refractivity contribution in [3.63, 3.8) is 0 Å². The van der Waals surface area contributed by atoms with Gasteiger partial charge in [-0.3, -0.25) is 9.79 Å². The fraction of sp³-hybridized carbons (Fsp3) is 0.588. The van der Waals surface area contributed by atoms with E-state index in [-0.39, 0.29) is 11.3 Å². The van der Waals surface area contributed by atoms with Crippen molar-refractivity contribution in [2.75, 3.05) is 33.8 Å². The third-order valence-corrected chi connectivity index (χ3v) is 4.83. The number of carbonyl (C=O) groups is 1. The zero-order valence-electron chi connectivity index (χ0n) is 14.3. The predicted molar refractivity (Wildman–Crippen MR) is 91.9 cm³/mol. The van der Waals surface area contributed by atoms with Gasteiger partial charge in [0.1, 0.15) is 0 Å². The molecule has 1 amide bonds. The van der Waals surface area contributed by atoms with Crippen LogP contribution in [0.2, 0.25) is 0 Å². The Balaban J connectivity index is 1.62. The number of amides is 1. The van der Waals surface area contributed by atoms with Crippen LogP contribution < -0.4 is 15.4 Å². The highest BCUT2D eigenvalue weighted by Gasteiger charge is 2.42. The molecule has 0 saturated carbocycles. The van der Waals surface area contributed by atoms with E-state index in [0.29, 0.717) is 18.8 Å². The summed E-state index contributed by atoms with van der Waals surface area (Å²) >= 11 is 0. The van der Waals surface area contributed by atoms with Gasteiger partial charge in [-0.25, -0.2) is 4.98 Å². The van der Waals surface area contributed by atoms with Crippen LogP contribution in [-0.4, -0.2) is 55.5 Å². The molecular weight excluding hydrogens is 306 g/mol. The van der Waals surface area contributed by atoms with Gasteiger partial charge in [-0.1, -0.05) is 0 Å². The lowest BCUT2D eigenvalue weighted by atomic mass is 9.79. The lowest BCUT2D eigenvalue weighted by Crippen LogP contribution is -2.51. The molecule has 2 aliphatic rings. The SMILES string of the molecule is CN=C(NCc1ccnc(OC)c1)N1CCCC2(CNC(=O)C2)C1. The van der Waals surface area contributed by atoms with E-state index >= 15 is 0 Å². The maximum Gasteiger partial charge on any atom is 0.220 e. The number of guanidine groups is 1. The maximum absolute atomic E-state index is 11.6. The number of aromatic nitrogens is 1. The lowest BCUT2D eigenvalue weighted by molar-refractivity contribution is -0.119. The number of likely N-dealkylation sites (tertiary alicyclic amines) is 1. The van der Waals surface area contributed by atoms with Crippen LogP contribution in [-0.2, 0) is 11.3 Å².